The highest BCUT2D eigenvalue weighted by atomic mass is 35.5. The monoisotopic (exact) mass is 210 g/mol. The third-order valence-electron chi connectivity index (χ3n) is 2.95. The fourth-order valence-electron chi connectivity index (χ4n) is 1.71. The van der Waals surface area contributed by atoms with E-state index in [1.165, 1.54) is 6.20 Å². The summed E-state index contributed by atoms with van der Waals surface area (Å²) in [6.07, 6.45) is 1.53. The highest BCUT2D eigenvalue weighted by Gasteiger charge is 2.41. The molecule has 1 aliphatic rings. The van der Waals surface area contributed by atoms with Crippen molar-refractivity contribution in [2.24, 2.45) is 0 Å². The second-order valence-electron chi connectivity index (χ2n) is 4.03. The van der Waals surface area contributed by atoms with Crippen LogP contribution in [-0.2, 0) is 5.41 Å². The van der Waals surface area contributed by atoms with Crippen molar-refractivity contribution in [2.45, 2.75) is 26.2 Å². The molecule has 0 N–H and O–H groups in total. The summed E-state index contributed by atoms with van der Waals surface area (Å²) in [4.78, 5) is 3.91. The van der Waals surface area contributed by atoms with Gasteiger partial charge in [0, 0.05) is 12.5 Å². The lowest BCUT2D eigenvalue weighted by molar-refractivity contribution is -0.358. The summed E-state index contributed by atoms with van der Waals surface area (Å²) in [6, 6.07) is 1.76. The number of hydrogen-bond donors (Lipinski definition) is 0. The highest BCUT2D eigenvalue weighted by Crippen LogP contribution is 2.39. The minimum atomic E-state index is -0.246. The molecule has 2 heterocycles. The van der Waals surface area contributed by atoms with Gasteiger partial charge >= 0.3 is 0 Å². The average Bonchev–Trinajstić information content (AvgIpc) is 2.29. The summed E-state index contributed by atoms with van der Waals surface area (Å²) in [5.74, 6) is 0. The third-order valence-corrected chi connectivity index (χ3v) is 3.16. The Morgan fingerprint density at radius 1 is 1.50 bits per heavy atom. The largest absolute Gasteiger partial charge is 0.618 e. The van der Waals surface area contributed by atoms with Crippen molar-refractivity contribution in [2.75, 3.05) is 0 Å². The summed E-state index contributed by atoms with van der Waals surface area (Å²) < 4.78 is 0.929. The van der Waals surface area contributed by atoms with E-state index < -0.39 is 0 Å². The number of halogens is 1. The van der Waals surface area contributed by atoms with Gasteiger partial charge in [0.15, 0.2) is 5.71 Å². The molecule has 0 aliphatic carbocycles. The van der Waals surface area contributed by atoms with Crippen molar-refractivity contribution < 1.29 is 4.74 Å². The van der Waals surface area contributed by atoms with Crippen molar-refractivity contribution in [1.29, 1.82) is 0 Å². The van der Waals surface area contributed by atoms with Crippen LogP contribution in [0.4, 0.5) is 5.69 Å². The van der Waals surface area contributed by atoms with Crippen LogP contribution in [0.25, 0.3) is 0 Å². The van der Waals surface area contributed by atoms with Crippen LogP contribution >= 0.6 is 11.6 Å². The number of nitrogens with zero attached hydrogens (tertiary/aromatic N) is 2. The molecule has 0 amide bonds. The maximum atomic E-state index is 11.7. The second kappa shape index (κ2) is 2.70. The van der Waals surface area contributed by atoms with E-state index in [2.05, 4.69) is 4.98 Å². The molecular formula is C10H11ClN2O. The van der Waals surface area contributed by atoms with Gasteiger partial charge in [-0.1, -0.05) is 11.6 Å². The van der Waals surface area contributed by atoms with Crippen LogP contribution in [0.5, 0.6) is 0 Å². The second-order valence-corrected chi connectivity index (χ2v) is 4.42. The lowest BCUT2D eigenvalue weighted by Crippen LogP contribution is -2.25. The Labute approximate surface area is 87.6 Å². The number of fused-ring (bicyclic) bond motifs is 1. The summed E-state index contributed by atoms with van der Waals surface area (Å²) in [7, 11) is 0. The normalized spacial score (nSPS) is 18.6. The Balaban J connectivity index is 2.73. The maximum Gasteiger partial charge on any atom is 0.239 e. The Bertz CT molecular complexity index is 438. The standard InChI is InChI=1S/C10H11ClN2O/c1-6-10(2,3)7-4-9(11)12-5-8(7)13(6)14/h4-5H,1-3H3. The van der Waals surface area contributed by atoms with Gasteiger partial charge in [0.05, 0.1) is 5.41 Å². The molecule has 0 bridgehead atoms. The van der Waals surface area contributed by atoms with Crippen LogP contribution in [0.2, 0.25) is 5.15 Å². The number of aromatic nitrogens is 1. The molecule has 14 heavy (non-hydrogen) atoms. The van der Waals surface area contributed by atoms with Crippen LogP contribution < -0.4 is 0 Å². The predicted octanol–water partition coefficient (Wildman–Crippen LogP) is 2.63. The van der Waals surface area contributed by atoms with Crippen molar-refractivity contribution in [3.8, 4) is 0 Å². The van der Waals surface area contributed by atoms with Crippen LogP contribution in [-0.4, -0.2) is 15.4 Å². The molecule has 1 aromatic heterocycles. The molecule has 0 aromatic carbocycles. The first-order valence-electron chi connectivity index (χ1n) is 4.42. The van der Waals surface area contributed by atoms with Gasteiger partial charge in [-0.05, 0) is 19.9 Å². The van der Waals surface area contributed by atoms with E-state index in [4.69, 9.17) is 11.6 Å². The average molecular weight is 211 g/mol. The van der Waals surface area contributed by atoms with Crippen LogP contribution in [0, 0.1) is 5.21 Å². The molecule has 0 spiro atoms. The number of pyridine rings is 1. The molecule has 4 heteroatoms. The first-order chi connectivity index (χ1) is 6.44. The molecule has 0 saturated heterocycles. The van der Waals surface area contributed by atoms with Gasteiger partial charge in [-0.15, -0.1) is 0 Å². The quantitative estimate of drug-likeness (QED) is 0.375. The molecule has 0 fully saturated rings. The fraction of sp³-hybridized carbons (Fsp3) is 0.400. The topological polar surface area (TPSA) is 39.0 Å². The number of rotatable bonds is 0. The van der Waals surface area contributed by atoms with Crippen molar-refractivity contribution >= 4 is 23.0 Å². The minimum absolute atomic E-state index is 0.246. The molecular weight excluding hydrogens is 200 g/mol. The Morgan fingerprint density at radius 2 is 2.14 bits per heavy atom. The van der Waals surface area contributed by atoms with E-state index in [0.29, 0.717) is 10.8 Å². The summed E-state index contributed by atoms with van der Waals surface area (Å²) in [5, 5.41) is 12.2. The summed E-state index contributed by atoms with van der Waals surface area (Å²) in [5.41, 5.74) is 2.09. The summed E-state index contributed by atoms with van der Waals surface area (Å²) in [6.45, 7) is 5.85. The van der Waals surface area contributed by atoms with Gasteiger partial charge in [-0.2, -0.15) is 4.74 Å². The zero-order valence-electron chi connectivity index (χ0n) is 8.34. The van der Waals surface area contributed by atoms with Crippen LogP contribution in [0.1, 0.15) is 26.3 Å². The molecule has 0 atom stereocenters. The highest BCUT2D eigenvalue weighted by molar-refractivity contribution is 6.29. The molecule has 0 saturated carbocycles. The van der Waals surface area contributed by atoms with Gasteiger partial charge in [-0.25, -0.2) is 4.98 Å². The van der Waals surface area contributed by atoms with Gasteiger partial charge in [-0.3, -0.25) is 0 Å². The lowest BCUT2D eigenvalue weighted by atomic mass is 9.83. The SMILES string of the molecule is CC1=[N+]([O-])c2cnc(Cl)cc2C1(C)C. The van der Waals surface area contributed by atoms with Crippen LogP contribution in [0.15, 0.2) is 12.3 Å². The summed E-state index contributed by atoms with van der Waals surface area (Å²) >= 11 is 5.81. The van der Waals surface area contributed by atoms with Crippen molar-refractivity contribution in [3.63, 3.8) is 0 Å². The van der Waals surface area contributed by atoms with E-state index in [-0.39, 0.29) is 5.41 Å². The minimum Gasteiger partial charge on any atom is -0.618 e. The zero-order chi connectivity index (χ0) is 10.5. The first-order valence-corrected chi connectivity index (χ1v) is 4.79. The fourth-order valence-corrected chi connectivity index (χ4v) is 1.87. The lowest BCUT2D eigenvalue weighted by Gasteiger charge is -2.14. The predicted molar refractivity (Wildman–Crippen MR) is 56.2 cm³/mol. The zero-order valence-corrected chi connectivity index (χ0v) is 9.09. The first kappa shape index (κ1) is 9.46. The van der Waals surface area contributed by atoms with E-state index >= 15 is 0 Å². The van der Waals surface area contributed by atoms with Crippen LogP contribution in [0.3, 0.4) is 0 Å². The van der Waals surface area contributed by atoms with Gasteiger partial charge in [0.2, 0.25) is 5.69 Å². The van der Waals surface area contributed by atoms with E-state index in [1.54, 1.807) is 6.07 Å². The molecule has 3 nitrogen and oxygen atoms in total. The van der Waals surface area contributed by atoms with E-state index in [1.807, 2.05) is 20.8 Å². The van der Waals surface area contributed by atoms with Gasteiger partial charge in [0.1, 0.15) is 11.3 Å². The van der Waals surface area contributed by atoms with Crippen molar-refractivity contribution in [1.82, 2.24) is 4.98 Å². The molecule has 74 valence electrons. The smallest absolute Gasteiger partial charge is 0.239 e. The van der Waals surface area contributed by atoms with Crippen molar-refractivity contribution in [3.05, 3.63) is 28.2 Å². The Hall–Kier alpha value is -1.09. The Morgan fingerprint density at radius 3 is 2.79 bits per heavy atom. The Kier molecular flexibility index (Phi) is 1.83. The molecule has 1 aromatic rings. The molecule has 1 aliphatic heterocycles. The van der Waals surface area contributed by atoms with Gasteiger partial charge < -0.3 is 5.21 Å². The molecule has 0 radical (unpaired) electrons. The number of hydrogen-bond acceptors (Lipinski definition) is 2. The van der Waals surface area contributed by atoms with Gasteiger partial charge in [0.25, 0.3) is 0 Å². The molecule has 0 unspecified atom stereocenters. The maximum absolute atomic E-state index is 11.7. The van der Waals surface area contributed by atoms with E-state index in [9.17, 15) is 5.21 Å². The van der Waals surface area contributed by atoms with E-state index in [0.717, 1.165) is 16.0 Å². The molecule has 2 rings (SSSR count). The third kappa shape index (κ3) is 1.05.